The Bertz CT molecular complexity index is 540. The number of aromatic nitrogens is 1. The molecule has 0 aliphatic carbocycles. The third-order valence-electron chi connectivity index (χ3n) is 2.07. The van der Waals surface area contributed by atoms with Crippen LogP contribution in [0.5, 0.6) is 0 Å². The van der Waals surface area contributed by atoms with E-state index >= 15 is 0 Å². The van der Waals surface area contributed by atoms with Crippen molar-refractivity contribution >= 4 is 11.6 Å². The number of benzene rings is 1. The standard InChI is InChI=1S/C11H6ClFN2/c12-10-3-1-2-9(11(10)13)7-4-8(5-14)15-6-7/h1-4,6,15H. The summed E-state index contributed by atoms with van der Waals surface area (Å²) in [6, 6.07) is 8.29. The van der Waals surface area contributed by atoms with Gasteiger partial charge in [-0.15, -0.1) is 0 Å². The maximum absolute atomic E-state index is 13.6. The van der Waals surface area contributed by atoms with Crippen LogP contribution in [-0.4, -0.2) is 4.98 Å². The van der Waals surface area contributed by atoms with Crippen LogP contribution in [0.15, 0.2) is 30.5 Å². The summed E-state index contributed by atoms with van der Waals surface area (Å²) in [5.41, 5.74) is 1.40. The number of hydrogen-bond donors (Lipinski definition) is 1. The van der Waals surface area contributed by atoms with Crippen molar-refractivity contribution in [2.75, 3.05) is 0 Å². The van der Waals surface area contributed by atoms with Gasteiger partial charge in [-0.2, -0.15) is 5.26 Å². The fourth-order valence-electron chi connectivity index (χ4n) is 1.34. The lowest BCUT2D eigenvalue weighted by Crippen LogP contribution is -1.82. The van der Waals surface area contributed by atoms with Gasteiger partial charge < -0.3 is 4.98 Å². The molecule has 4 heteroatoms. The van der Waals surface area contributed by atoms with E-state index in [0.717, 1.165) is 0 Å². The van der Waals surface area contributed by atoms with Crippen LogP contribution in [0.2, 0.25) is 5.02 Å². The lowest BCUT2D eigenvalue weighted by atomic mass is 10.1. The highest BCUT2D eigenvalue weighted by Crippen LogP contribution is 2.27. The number of nitrogens with one attached hydrogen (secondary N) is 1. The second-order valence-corrected chi connectivity index (χ2v) is 3.42. The molecular weight excluding hydrogens is 215 g/mol. The van der Waals surface area contributed by atoms with Crippen LogP contribution >= 0.6 is 11.6 Å². The minimum Gasteiger partial charge on any atom is -0.352 e. The zero-order chi connectivity index (χ0) is 10.8. The van der Waals surface area contributed by atoms with Crippen molar-refractivity contribution in [3.05, 3.63) is 47.0 Å². The van der Waals surface area contributed by atoms with Crippen LogP contribution < -0.4 is 0 Å². The van der Waals surface area contributed by atoms with E-state index in [0.29, 0.717) is 16.8 Å². The number of halogens is 2. The Morgan fingerprint density at radius 2 is 2.20 bits per heavy atom. The first kappa shape index (κ1) is 9.75. The first-order valence-corrected chi connectivity index (χ1v) is 4.63. The molecule has 2 aromatic rings. The van der Waals surface area contributed by atoms with Crippen molar-refractivity contribution in [2.24, 2.45) is 0 Å². The minimum absolute atomic E-state index is 0.0761. The van der Waals surface area contributed by atoms with Gasteiger partial charge >= 0.3 is 0 Å². The fourth-order valence-corrected chi connectivity index (χ4v) is 1.52. The second-order valence-electron chi connectivity index (χ2n) is 3.02. The molecule has 0 saturated heterocycles. The first-order valence-electron chi connectivity index (χ1n) is 4.25. The van der Waals surface area contributed by atoms with E-state index in [1.165, 1.54) is 6.07 Å². The second kappa shape index (κ2) is 3.76. The van der Waals surface area contributed by atoms with E-state index in [4.69, 9.17) is 16.9 Å². The van der Waals surface area contributed by atoms with E-state index in [-0.39, 0.29) is 5.02 Å². The third-order valence-corrected chi connectivity index (χ3v) is 2.36. The van der Waals surface area contributed by atoms with E-state index < -0.39 is 5.82 Å². The molecule has 1 aromatic carbocycles. The Hall–Kier alpha value is -1.79. The molecule has 0 fully saturated rings. The summed E-state index contributed by atoms with van der Waals surface area (Å²) in [7, 11) is 0. The zero-order valence-electron chi connectivity index (χ0n) is 7.59. The topological polar surface area (TPSA) is 39.6 Å². The Balaban J connectivity index is 2.55. The van der Waals surface area contributed by atoms with E-state index in [1.807, 2.05) is 6.07 Å². The number of H-pyrrole nitrogens is 1. The molecule has 0 radical (unpaired) electrons. The highest BCUT2D eigenvalue weighted by Gasteiger charge is 2.09. The van der Waals surface area contributed by atoms with Gasteiger partial charge in [-0.1, -0.05) is 23.7 Å². The van der Waals surface area contributed by atoms with Crippen molar-refractivity contribution in [3.8, 4) is 17.2 Å². The lowest BCUT2D eigenvalue weighted by molar-refractivity contribution is 0.632. The molecule has 0 spiro atoms. The van der Waals surface area contributed by atoms with Crippen molar-refractivity contribution in [1.29, 1.82) is 5.26 Å². The maximum Gasteiger partial charge on any atom is 0.149 e. The van der Waals surface area contributed by atoms with Crippen LogP contribution in [0.3, 0.4) is 0 Å². The lowest BCUT2D eigenvalue weighted by Gasteiger charge is -2.00. The predicted molar refractivity (Wildman–Crippen MR) is 55.9 cm³/mol. The van der Waals surface area contributed by atoms with E-state index in [1.54, 1.807) is 24.4 Å². The molecular formula is C11H6ClFN2. The molecule has 1 N–H and O–H groups in total. The number of aromatic amines is 1. The molecule has 0 amide bonds. The molecule has 74 valence electrons. The molecule has 0 aliphatic rings. The van der Waals surface area contributed by atoms with Gasteiger partial charge in [0.2, 0.25) is 0 Å². The van der Waals surface area contributed by atoms with Gasteiger partial charge in [0.25, 0.3) is 0 Å². The molecule has 1 aromatic heterocycles. The summed E-state index contributed by atoms with van der Waals surface area (Å²) in [4.78, 5) is 2.73. The van der Waals surface area contributed by atoms with Crippen LogP contribution in [0, 0.1) is 17.1 Å². The molecule has 0 bridgehead atoms. The molecule has 0 aliphatic heterocycles. The fraction of sp³-hybridized carbons (Fsp3) is 0. The summed E-state index contributed by atoms with van der Waals surface area (Å²) < 4.78 is 13.6. The van der Waals surface area contributed by atoms with Crippen molar-refractivity contribution in [1.82, 2.24) is 4.98 Å². The number of rotatable bonds is 1. The minimum atomic E-state index is -0.470. The van der Waals surface area contributed by atoms with Gasteiger partial charge in [0.15, 0.2) is 0 Å². The average Bonchev–Trinajstić information content (AvgIpc) is 2.70. The van der Waals surface area contributed by atoms with Gasteiger partial charge in [-0.3, -0.25) is 0 Å². The third kappa shape index (κ3) is 1.72. The number of nitriles is 1. The SMILES string of the molecule is N#Cc1cc(-c2cccc(Cl)c2F)c[nH]1. The Morgan fingerprint density at radius 1 is 1.40 bits per heavy atom. The number of nitrogens with zero attached hydrogens (tertiary/aromatic N) is 1. The zero-order valence-corrected chi connectivity index (χ0v) is 8.35. The quantitative estimate of drug-likeness (QED) is 0.787. The smallest absolute Gasteiger partial charge is 0.149 e. The average molecular weight is 221 g/mol. The van der Waals surface area contributed by atoms with Crippen molar-refractivity contribution < 1.29 is 4.39 Å². The number of hydrogen-bond acceptors (Lipinski definition) is 1. The summed E-state index contributed by atoms with van der Waals surface area (Å²) in [5.74, 6) is -0.470. The summed E-state index contributed by atoms with van der Waals surface area (Å²) in [6.07, 6.45) is 1.58. The highest BCUT2D eigenvalue weighted by molar-refractivity contribution is 6.31. The van der Waals surface area contributed by atoms with E-state index in [9.17, 15) is 4.39 Å². The van der Waals surface area contributed by atoms with Crippen molar-refractivity contribution in [3.63, 3.8) is 0 Å². The van der Waals surface area contributed by atoms with Gasteiger partial charge in [0, 0.05) is 17.3 Å². The first-order chi connectivity index (χ1) is 7.22. The molecule has 15 heavy (non-hydrogen) atoms. The van der Waals surface area contributed by atoms with E-state index in [2.05, 4.69) is 4.98 Å². The predicted octanol–water partition coefficient (Wildman–Crippen LogP) is 3.35. The van der Waals surface area contributed by atoms with Gasteiger partial charge in [-0.25, -0.2) is 4.39 Å². The normalized spacial score (nSPS) is 9.93. The molecule has 0 atom stereocenters. The Morgan fingerprint density at radius 3 is 2.87 bits per heavy atom. The van der Waals surface area contributed by atoms with Gasteiger partial charge in [0.1, 0.15) is 17.6 Å². The summed E-state index contributed by atoms with van der Waals surface area (Å²) >= 11 is 5.65. The molecule has 0 unspecified atom stereocenters. The largest absolute Gasteiger partial charge is 0.352 e. The summed E-state index contributed by atoms with van der Waals surface area (Å²) in [5, 5.41) is 8.70. The van der Waals surface area contributed by atoms with Crippen LogP contribution in [0.1, 0.15) is 5.69 Å². The summed E-state index contributed by atoms with van der Waals surface area (Å²) in [6.45, 7) is 0. The van der Waals surface area contributed by atoms with Crippen LogP contribution in [0.4, 0.5) is 4.39 Å². The van der Waals surface area contributed by atoms with Crippen molar-refractivity contribution in [2.45, 2.75) is 0 Å². The van der Waals surface area contributed by atoms with Gasteiger partial charge in [0.05, 0.1) is 5.02 Å². The molecule has 1 heterocycles. The van der Waals surface area contributed by atoms with Gasteiger partial charge in [-0.05, 0) is 12.1 Å². The highest BCUT2D eigenvalue weighted by atomic mass is 35.5. The molecule has 0 saturated carbocycles. The Labute approximate surface area is 90.9 Å². The van der Waals surface area contributed by atoms with Crippen LogP contribution in [-0.2, 0) is 0 Å². The molecule has 2 nitrogen and oxygen atoms in total. The Kier molecular flexibility index (Phi) is 2.44. The monoisotopic (exact) mass is 220 g/mol. The molecule has 2 rings (SSSR count). The maximum atomic E-state index is 13.6. The van der Waals surface area contributed by atoms with Crippen LogP contribution in [0.25, 0.3) is 11.1 Å².